The van der Waals surface area contributed by atoms with Gasteiger partial charge >= 0.3 is 0 Å². The number of carbonyl (C=O) groups excluding carboxylic acids is 2. The predicted molar refractivity (Wildman–Crippen MR) is 108 cm³/mol. The van der Waals surface area contributed by atoms with Gasteiger partial charge < -0.3 is 19.3 Å². The highest BCUT2D eigenvalue weighted by atomic mass is 32.2. The molecule has 6 nitrogen and oxygen atoms in total. The van der Waals surface area contributed by atoms with E-state index in [4.69, 9.17) is 9.47 Å². The average Bonchev–Trinajstić information content (AvgIpc) is 3.27. The van der Waals surface area contributed by atoms with Crippen LogP contribution in [0.2, 0.25) is 0 Å². The lowest BCUT2D eigenvalue weighted by atomic mass is 10.1. The zero-order valence-corrected chi connectivity index (χ0v) is 17.0. The first-order valence-electron chi connectivity index (χ1n) is 9.20. The number of hydrogen-bond acceptors (Lipinski definition) is 5. The number of thioether (sulfide) groups is 1. The highest BCUT2D eigenvalue weighted by molar-refractivity contribution is 8.01. The molecule has 29 heavy (non-hydrogen) atoms. The van der Waals surface area contributed by atoms with Gasteiger partial charge in [-0.1, -0.05) is 18.2 Å². The predicted octanol–water partition coefficient (Wildman–Crippen LogP) is 2.76. The van der Waals surface area contributed by atoms with Crippen LogP contribution in [0.25, 0.3) is 0 Å². The molecule has 0 aromatic heterocycles. The third-order valence-corrected chi connectivity index (χ3v) is 6.68. The molecule has 1 atom stereocenters. The fourth-order valence-corrected chi connectivity index (χ4v) is 5.40. The van der Waals surface area contributed by atoms with Gasteiger partial charge in [0.05, 0.1) is 19.3 Å². The van der Waals surface area contributed by atoms with Gasteiger partial charge in [-0.15, -0.1) is 11.8 Å². The number of nitrogens with zero attached hydrogens (tertiary/aromatic N) is 2. The molecule has 2 aromatic rings. The van der Waals surface area contributed by atoms with E-state index in [1.165, 1.54) is 24.9 Å². The number of benzene rings is 2. The summed E-state index contributed by atoms with van der Waals surface area (Å²) in [6.07, 6.45) is 0. The molecule has 1 spiro atoms. The van der Waals surface area contributed by atoms with E-state index in [-0.39, 0.29) is 30.8 Å². The van der Waals surface area contributed by atoms with Crippen LogP contribution in [0.1, 0.15) is 11.1 Å². The van der Waals surface area contributed by atoms with Crippen molar-refractivity contribution >= 4 is 29.3 Å². The fraction of sp³-hybridized carbons (Fsp3) is 0.333. The van der Waals surface area contributed by atoms with Gasteiger partial charge in [0.1, 0.15) is 18.2 Å². The summed E-state index contributed by atoms with van der Waals surface area (Å²) in [5, 5.41) is 0. The summed E-state index contributed by atoms with van der Waals surface area (Å²) >= 11 is 1.41. The van der Waals surface area contributed by atoms with Crippen LogP contribution in [-0.4, -0.2) is 49.8 Å². The van der Waals surface area contributed by atoms with E-state index in [2.05, 4.69) is 0 Å². The first-order valence-corrected chi connectivity index (χ1v) is 10.2. The standard InChI is InChI=1S/C21H21FN2O4S/c1-27-13-19(25)24-9-10-29-21(24)16-11-15(28-2)7-8-18(16)23(20(21)26)12-14-5-3-4-6-17(14)22/h3-8,11H,9-10,12-13H2,1-2H3/t21-/m1/s1. The molecule has 2 aliphatic rings. The van der Waals surface area contributed by atoms with Gasteiger partial charge in [-0.2, -0.15) is 0 Å². The number of ether oxygens (including phenoxy) is 2. The van der Waals surface area contributed by atoms with Crippen molar-refractivity contribution in [2.24, 2.45) is 0 Å². The summed E-state index contributed by atoms with van der Waals surface area (Å²) in [6.45, 7) is 0.407. The first kappa shape index (κ1) is 19.7. The number of anilines is 1. The summed E-state index contributed by atoms with van der Waals surface area (Å²) in [4.78, 5) is 28.4. The fourth-order valence-electron chi connectivity index (χ4n) is 3.93. The maximum absolute atomic E-state index is 14.3. The molecule has 2 heterocycles. The molecule has 152 valence electrons. The second kappa shape index (κ2) is 7.68. The molecule has 2 amide bonds. The Balaban J connectivity index is 1.82. The van der Waals surface area contributed by atoms with Crippen molar-refractivity contribution in [3.05, 3.63) is 59.4 Å². The number of hydrogen-bond donors (Lipinski definition) is 0. The van der Waals surface area contributed by atoms with E-state index in [0.29, 0.717) is 34.9 Å². The highest BCUT2D eigenvalue weighted by Crippen LogP contribution is 2.55. The van der Waals surface area contributed by atoms with Gasteiger partial charge in [0.2, 0.25) is 5.91 Å². The minimum Gasteiger partial charge on any atom is -0.497 e. The molecule has 1 saturated heterocycles. The van der Waals surface area contributed by atoms with Crippen molar-refractivity contribution in [3.8, 4) is 5.75 Å². The normalized spacial score (nSPS) is 20.4. The Kier molecular flexibility index (Phi) is 5.23. The van der Waals surface area contributed by atoms with Crippen LogP contribution in [0.5, 0.6) is 5.75 Å². The van der Waals surface area contributed by atoms with Gasteiger partial charge in [-0.05, 0) is 24.3 Å². The van der Waals surface area contributed by atoms with Gasteiger partial charge in [0.15, 0.2) is 4.87 Å². The van der Waals surface area contributed by atoms with E-state index < -0.39 is 4.87 Å². The van der Waals surface area contributed by atoms with Crippen molar-refractivity contribution < 1.29 is 23.5 Å². The van der Waals surface area contributed by atoms with Crippen LogP contribution >= 0.6 is 11.8 Å². The Labute approximate surface area is 172 Å². The second-order valence-corrected chi connectivity index (χ2v) is 8.12. The topological polar surface area (TPSA) is 59.1 Å². The SMILES string of the molecule is COCC(=O)N1CCS[C@]12C(=O)N(Cc1ccccc1F)c1ccc(OC)cc12. The molecular formula is C21H21FN2O4S. The van der Waals surface area contributed by atoms with Crippen LogP contribution in [0, 0.1) is 5.82 Å². The van der Waals surface area contributed by atoms with Crippen molar-refractivity contribution in [2.45, 2.75) is 11.4 Å². The van der Waals surface area contributed by atoms with E-state index in [0.717, 1.165) is 0 Å². The molecule has 0 radical (unpaired) electrons. The first-order chi connectivity index (χ1) is 14.0. The summed E-state index contributed by atoms with van der Waals surface area (Å²) in [7, 11) is 3.00. The summed E-state index contributed by atoms with van der Waals surface area (Å²) in [5.74, 6) is 0.326. The maximum atomic E-state index is 14.3. The quantitative estimate of drug-likeness (QED) is 0.750. The molecule has 0 N–H and O–H groups in total. The smallest absolute Gasteiger partial charge is 0.268 e. The summed E-state index contributed by atoms with van der Waals surface area (Å²) in [6, 6.07) is 11.7. The Morgan fingerprint density at radius 1 is 1.24 bits per heavy atom. The third-order valence-electron chi connectivity index (χ3n) is 5.26. The lowest BCUT2D eigenvalue weighted by Crippen LogP contribution is -2.51. The van der Waals surface area contributed by atoms with Crippen molar-refractivity contribution in [2.75, 3.05) is 38.0 Å². The molecule has 0 bridgehead atoms. The zero-order chi connectivity index (χ0) is 20.6. The summed E-state index contributed by atoms with van der Waals surface area (Å²) < 4.78 is 24.7. The highest BCUT2D eigenvalue weighted by Gasteiger charge is 2.59. The lowest BCUT2D eigenvalue weighted by molar-refractivity contribution is -0.143. The van der Waals surface area contributed by atoms with Gasteiger partial charge in [0, 0.05) is 30.5 Å². The van der Waals surface area contributed by atoms with Crippen LogP contribution in [0.3, 0.4) is 0 Å². The minimum absolute atomic E-state index is 0.0828. The molecule has 1 fully saturated rings. The largest absolute Gasteiger partial charge is 0.497 e. The Morgan fingerprint density at radius 3 is 2.76 bits per heavy atom. The number of methoxy groups -OCH3 is 2. The van der Waals surface area contributed by atoms with E-state index in [1.54, 1.807) is 53.3 Å². The number of rotatable bonds is 5. The number of halogens is 1. The second-order valence-electron chi connectivity index (χ2n) is 6.84. The van der Waals surface area contributed by atoms with Crippen LogP contribution in [-0.2, 0) is 25.7 Å². The van der Waals surface area contributed by atoms with Gasteiger partial charge in [-0.25, -0.2) is 4.39 Å². The molecule has 2 aliphatic heterocycles. The average molecular weight is 416 g/mol. The lowest BCUT2D eigenvalue weighted by Gasteiger charge is -2.33. The molecule has 8 heteroatoms. The Hall–Kier alpha value is -2.58. The monoisotopic (exact) mass is 416 g/mol. The van der Waals surface area contributed by atoms with E-state index in [9.17, 15) is 14.0 Å². The van der Waals surface area contributed by atoms with Crippen LogP contribution in [0.4, 0.5) is 10.1 Å². The number of amides is 2. The van der Waals surface area contributed by atoms with Crippen LogP contribution < -0.4 is 9.64 Å². The number of fused-ring (bicyclic) bond motifs is 2. The van der Waals surface area contributed by atoms with Crippen LogP contribution in [0.15, 0.2) is 42.5 Å². The van der Waals surface area contributed by atoms with Crippen molar-refractivity contribution in [3.63, 3.8) is 0 Å². The Bertz CT molecular complexity index is 969. The maximum Gasteiger partial charge on any atom is 0.268 e. The van der Waals surface area contributed by atoms with E-state index >= 15 is 0 Å². The summed E-state index contributed by atoms with van der Waals surface area (Å²) in [5.41, 5.74) is 1.76. The van der Waals surface area contributed by atoms with Crippen molar-refractivity contribution in [1.82, 2.24) is 4.90 Å². The van der Waals surface area contributed by atoms with Gasteiger partial charge in [0.25, 0.3) is 5.91 Å². The molecule has 0 aliphatic carbocycles. The molecule has 0 unspecified atom stereocenters. The zero-order valence-electron chi connectivity index (χ0n) is 16.2. The molecular weight excluding hydrogens is 395 g/mol. The van der Waals surface area contributed by atoms with E-state index in [1.807, 2.05) is 0 Å². The number of carbonyl (C=O) groups is 2. The Morgan fingerprint density at radius 2 is 2.03 bits per heavy atom. The molecule has 2 aromatic carbocycles. The third kappa shape index (κ3) is 3.07. The van der Waals surface area contributed by atoms with Gasteiger partial charge in [-0.3, -0.25) is 9.59 Å². The molecule has 4 rings (SSSR count). The molecule has 0 saturated carbocycles. The van der Waals surface area contributed by atoms with Crippen molar-refractivity contribution in [1.29, 1.82) is 0 Å². The minimum atomic E-state index is -1.19.